The second kappa shape index (κ2) is 8.81. The Labute approximate surface area is 184 Å². The fraction of sp³-hybridized carbons (Fsp3) is 0.208. The van der Waals surface area contributed by atoms with E-state index in [4.69, 9.17) is 4.74 Å². The van der Waals surface area contributed by atoms with E-state index in [1.165, 1.54) is 11.1 Å². The lowest BCUT2D eigenvalue weighted by Crippen LogP contribution is -2.34. The average molecular weight is 435 g/mol. The van der Waals surface area contributed by atoms with E-state index in [0.29, 0.717) is 11.4 Å². The monoisotopic (exact) mass is 434 g/mol. The number of nitrogens with zero attached hydrogens (tertiary/aromatic N) is 2. The Morgan fingerprint density at radius 3 is 2.58 bits per heavy atom. The maximum atomic E-state index is 12.7. The Morgan fingerprint density at radius 1 is 1.10 bits per heavy atom. The number of amides is 2. The highest BCUT2D eigenvalue weighted by Crippen LogP contribution is 2.34. The molecule has 2 heterocycles. The van der Waals surface area contributed by atoms with Gasteiger partial charge in [-0.3, -0.25) is 19.3 Å². The summed E-state index contributed by atoms with van der Waals surface area (Å²) < 4.78 is 7.00. The third-order valence-electron chi connectivity index (χ3n) is 5.05. The average Bonchev–Trinajstić information content (AvgIpc) is 3.22. The summed E-state index contributed by atoms with van der Waals surface area (Å²) in [6, 6.07) is 16.3. The van der Waals surface area contributed by atoms with E-state index < -0.39 is 17.1 Å². The highest BCUT2D eigenvalue weighted by Gasteiger charge is 2.36. The number of thioether (sulfide) groups is 1. The molecule has 3 aromatic rings. The molecule has 0 unspecified atom stereocenters. The molecule has 2 aromatic carbocycles. The molecule has 0 bridgehead atoms. The van der Waals surface area contributed by atoms with Crippen molar-refractivity contribution >= 4 is 45.9 Å². The number of aromatic nitrogens is 1. The topological polar surface area (TPSA) is 68.6 Å². The van der Waals surface area contributed by atoms with E-state index >= 15 is 0 Å². The number of para-hydroxylation sites is 1. The smallest absolute Gasteiger partial charge is 0.326 e. The zero-order chi connectivity index (χ0) is 22.0. The number of fused-ring (bicyclic) bond motifs is 1. The molecule has 1 aliphatic rings. The minimum Gasteiger partial charge on any atom is -0.465 e. The molecule has 1 aromatic heterocycles. The van der Waals surface area contributed by atoms with Crippen LogP contribution in [0.25, 0.3) is 17.0 Å². The molecule has 0 radical (unpaired) electrons. The van der Waals surface area contributed by atoms with Crippen LogP contribution in [0, 0.1) is 6.92 Å². The van der Waals surface area contributed by atoms with Gasteiger partial charge < -0.3 is 9.30 Å². The molecule has 158 valence electrons. The van der Waals surface area contributed by atoms with Crippen LogP contribution in [0.3, 0.4) is 0 Å². The number of hydrogen-bond acceptors (Lipinski definition) is 5. The van der Waals surface area contributed by atoms with Gasteiger partial charge in [0.05, 0.1) is 11.5 Å². The van der Waals surface area contributed by atoms with Crippen LogP contribution in [0.15, 0.2) is 59.6 Å². The van der Waals surface area contributed by atoms with Gasteiger partial charge in [-0.05, 0) is 43.3 Å². The summed E-state index contributed by atoms with van der Waals surface area (Å²) in [5, 5.41) is 0.527. The van der Waals surface area contributed by atoms with Crippen LogP contribution >= 0.6 is 11.8 Å². The minimum atomic E-state index is -0.597. The largest absolute Gasteiger partial charge is 0.465 e. The number of hydrogen-bond donors (Lipinski definition) is 0. The second-order valence-electron chi connectivity index (χ2n) is 7.29. The van der Waals surface area contributed by atoms with Crippen molar-refractivity contribution in [2.75, 3.05) is 13.2 Å². The van der Waals surface area contributed by atoms with Gasteiger partial charge in [0.15, 0.2) is 0 Å². The maximum Gasteiger partial charge on any atom is 0.326 e. The quantitative estimate of drug-likeness (QED) is 0.419. The van der Waals surface area contributed by atoms with E-state index in [0.717, 1.165) is 33.1 Å². The molecule has 0 saturated carbocycles. The van der Waals surface area contributed by atoms with E-state index in [1.807, 2.05) is 30.5 Å². The van der Waals surface area contributed by atoms with E-state index in [9.17, 15) is 14.4 Å². The minimum absolute atomic E-state index is 0.200. The van der Waals surface area contributed by atoms with Crippen molar-refractivity contribution in [2.45, 2.75) is 20.4 Å². The van der Waals surface area contributed by atoms with Crippen LogP contribution in [-0.4, -0.2) is 39.7 Å². The highest BCUT2D eigenvalue weighted by atomic mass is 32.2. The number of benzene rings is 2. The molecule has 4 rings (SSSR count). The lowest BCUT2D eigenvalue weighted by molar-refractivity contribution is -0.145. The summed E-state index contributed by atoms with van der Waals surface area (Å²) in [6.07, 6.45) is 3.72. The zero-order valence-corrected chi connectivity index (χ0v) is 18.1. The van der Waals surface area contributed by atoms with Crippen molar-refractivity contribution < 1.29 is 19.1 Å². The van der Waals surface area contributed by atoms with Gasteiger partial charge in [-0.1, -0.05) is 48.0 Å². The van der Waals surface area contributed by atoms with Crippen LogP contribution in [0.1, 0.15) is 23.6 Å². The Kier molecular flexibility index (Phi) is 5.95. The molecule has 0 spiro atoms. The van der Waals surface area contributed by atoms with Crippen molar-refractivity contribution in [3.05, 3.63) is 76.3 Å². The van der Waals surface area contributed by atoms with Gasteiger partial charge in [-0.2, -0.15) is 0 Å². The summed E-state index contributed by atoms with van der Waals surface area (Å²) >= 11 is 0.842. The van der Waals surface area contributed by atoms with Crippen LogP contribution in [0.2, 0.25) is 0 Å². The first-order chi connectivity index (χ1) is 15.0. The van der Waals surface area contributed by atoms with Crippen molar-refractivity contribution in [1.82, 2.24) is 9.47 Å². The Morgan fingerprint density at radius 2 is 1.84 bits per heavy atom. The van der Waals surface area contributed by atoms with Crippen LogP contribution in [0.5, 0.6) is 0 Å². The number of aryl methyl sites for hydroxylation is 1. The van der Waals surface area contributed by atoms with Crippen molar-refractivity contribution in [3.8, 4) is 0 Å². The standard InChI is InChI=1S/C24H22N2O4S/c1-3-30-22(27)15-26-23(28)21(31-24(26)29)12-18-14-25(20-7-5-4-6-19(18)20)13-17-10-8-16(2)9-11-17/h4-12,14H,3,13,15H2,1-2H3. The summed E-state index contributed by atoms with van der Waals surface area (Å²) in [6.45, 7) is 4.26. The van der Waals surface area contributed by atoms with Crippen molar-refractivity contribution in [2.24, 2.45) is 0 Å². The lowest BCUT2D eigenvalue weighted by atomic mass is 10.1. The van der Waals surface area contributed by atoms with Crippen molar-refractivity contribution in [1.29, 1.82) is 0 Å². The summed E-state index contributed by atoms with van der Waals surface area (Å²) in [4.78, 5) is 38.0. The highest BCUT2D eigenvalue weighted by molar-refractivity contribution is 8.18. The van der Waals surface area contributed by atoms with Gasteiger partial charge in [0, 0.05) is 29.2 Å². The predicted octanol–water partition coefficient (Wildman–Crippen LogP) is 4.60. The fourth-order valence-corrected chi connectivity index (χ4v) is 4.35. The van der Waals surface area contributed by atoms with Gasteiger partial charge in [0.25, 0.3) is 11.1 Å². The molecule has 1 aliphatic heterocycles. The van der Waals surface area contributed by atoms with E-state index in [-0.39, 0.29) is 13.2 Å². The first-order valence-electron chi connectivity index (χ1n) is 10.0. The van der Waals surface area contributed by atoms with Crippen molar-refractivity contribution in [3.63, 3.8) is 0 Å². The first kappa shape index (κ1) is 20.9. The SMILES string of the molecule is CCOC(=O)CN1C(=O)SC(=Cc2cn(Cc3ccc(C)cc3)c3ccccc23)C1=O. The van der Waals surface area contributed by atoms with Gasteiger partial charge in [0.2, 0.25) is 0 Å². The molecular weight excluding hydrogens is 412 g/mol. The number of carbonyl (C=O) groups is 3. The van der Waals surface area contributed by atoms with Gasteiger partial charge in [-0.15, -0.1) is 0 Å². The molecule has 0 atom stereocenters. The third kappa shape index (κ3) is 4.41. The fourth-order valence-electron chi connectivity index (χ4n) is 3.52. The zero-order valence-electron chi connectivity index (χ0n) is 17.3. The normalized spacial score (nSPS) is 15.3. The van der Waals surface area contributed by atoms with E-state index in [1.54, 1.807) is 13.0 Å². The third-order valence-corrected chi connectivity index (χ3v) is 5.95. The second-order valence-corrected chi connectivity index (χ2v) is 8.28. The molecule has 2 amide bonds. The molecule has 1 saturated heterocycles. The van der Waals surface area contributed by atoms with Gasteiger partial charge >= 0.3 is 5.97 Å². The van der Waals surface area contributed by atoms with Gasteiger partial charge in [-0.25, -0.2) is 0 Å². The summed E-state index contributed by atoms with van der Waals surface area (Å²) in [7, 11) is 0. The molecule has 0 aliphatic carbocycles. The van der Waals surface area contributed by atoms with Crippen LogP contribution in [0.4, 0.5) is 4.79 Å². The maximum absolute atomic E-state index is 12.7. The summed E-state index contributed by atoms with van der Waals surface area (Å²) in [5.41, 5.74) is 4.28. The number of imide groups is 1. The summed E-state index contributed by atoms with van der Waals surface area (Å²) in [5.74, 6) is -1.07. The molecule has 1 fully saturated rings. The number of rotatable bonds is 6. The Bertz CT molecular complexity index is 1190. The number of carbonyl (C=O) groups excluding carboxylic acids is 3. The predicted molar refractivity (Wildman–Crippen MR) is 122 cm³/mol. The van der Waals surface area contributed by atoms with E-state index in [2.05, 4.69) is 35.8 Å². The first-order valence-corrected chi connectivity index (χ1v) is 10.8. The molecule has 6 nitrogen and oxygen atoms in total. The van der Waals surface area contributed by atoms with Crippen LogP contribution < -0.4 is 0 Å². The molecule has 31 heavy (non-hydrogen) atoms. The molecule has 7 heteroatoms. The van der Waals surface area contributed by atoms with Crippen LogP contribution in [-0.2, 0) is 20.9 Å². The Hall–Kier alpha value is -3.32. The van der Waals surface area contributed by atoms with Gasteiger partial charge in [0.1, 0.15) is 6.54 Å². The number of esters is 1. The lowest BCUT2D eigenvalue weighted by Gasteiger charge is -2.10. The Balaban J connectivity index is 1.65. The molecule has 0 N–H and O–H groups in total. The molecular formula is C24H22N2O4S. The number of ether oxygens (including phenoxy) is 1.